The Morgan fingerprint density at radius 2 is 1.78 bits per heavy atom. The smallest absolute Gasteiger partial charge is 0.210 e. The molecule has 142 valence electrons. The van der Waals surface area contributed by atoms with Crippen molar-refractivity contribution in [3.05, 3.63) is 65.2 Å². The zero-order valence-electron chi connectivity index (χ0n) is 16.1. The maximum Gasteiger partial charge on any atom is 0.210 e. The monoisotopic (exact) mass is 363 g/mol. The predicted octanol–water partition coefficient (Wildman–Crippen LogP) is 4.93. The lowest BCUT2D eigenvalue weighted by atomic mass is 9.74. The fourth-order valence-electron chi connectivity index (χ4n) is 5.10. The molecule has 2 aromatic carbocycles. The highest BCUT2D eigenvalue weighted by Gasteiger charge is 2.37. The lowest BCUT2D eigenvalue weighted by molar-refractivity contribution is -0.124. The van der Waals surface area contributed by atoms with Crippen LogP contribution in [-0.4, -0.2) is 30.5 Å². The van der Waals surface area contributed by atoms with E-state index >= 15 is 0 Å². The second kappa shape index (κ2) is 8.16. The van der Waals surface area contributed by atoms with Crippen molar-refractivity contribution in [3.63, 3.8) is 0 Å². The van der Waals surface area contributed by atoms with Gasteiger partial charge in [-0.3, -0.25) is 4.79 Å². The summed E-state index contributed by atoms with van der Waals surface area (Å²) in [5.74, 6) is 1.14. The van der Waals surface area contributed by atoms with Crippen LogP contribution in [-0.2, 0) is 11.2 Å². The number of nitrogens with zero attached hydrogens (tertiary/aromatic N) is 1. The van der Waals surface area contributed by atoms with Crippen molar-refractivity contribution in [1.82, 2.24) is 4.90 Å². The summed E-state index contributed by atoms with van der Waals surface area (Å²) < 4.78 is 5.45. The second-order valence-electron chi connectivity index (χ2n) is 7.90. The van der Waals surface area contributed by atoms with Crippen LogP contribution in [0.5, 0.6) is 5.75 Å². The van der Waals surface area contributed by atoms with Crippen LogP contribution in [0.4, 0.5) is 0 Å². The molecule has 3 nitrogen and oxygen atoms in total. The third kappa shape index (κ3) is 3.60. The van der Waals surface area contributed by atoms with Gasteiger partial charge in [-0.2, -0.15) is 0 Å². The zero-order valence-corrected chi connectivity index (χ0v) is 16.1. The quantitative estimate of drug-likeness (QED) is 0.705. The molecule has 1 saturated carbocycles. The number of ether oxygens (including phenoxy) is 1. The van der Waals surface area contributed by atoms with E-state index in [-0.39, 0.29) is 12.0 Å². The van der Waals surface area contributed by atoms with Gasteiger partial charge in [0, 0.05) is 18.0 Å². The SMILES string of the molecule is COc1ccc2c(c1)CCC(N(C=O)C1CCCCC1)C2c1ccccc1. The second-order valence-corrected chi connectivity index (χ2v) is 7.90. The van der Waals surface area contributed by atoms with Crippen LogP contribution in [0.3, 0.4) is 0 Å². The maximum absolute atomic E-state index is 12.2. The van der Waals surface area contributed by atoms with Crippen LogP contribution in [0.1, 0.15) is 61.1 Å². The molecule has 1 amide bonds. The fourth-order valence-corrected chi connectivity index (χ4v) is 5.10. The molecule has 3 heteroatoms. The van der Waals surface area contributed by atoms with Gasteiger partial charge in [0.05, 0.1) is 7.11 Å². The molecule has 27 heavy (non-hydrogen) atoms. The molecule has 2 aliphatic rings. The summed E-state index contributed by atoms with van der Waals surface area (Å²) in [4.78, 5) is 14.4. The Bertz CT molecular complexity index is 767. The molecule has 0 aliphatic heterocycles. The van der Waals surface area contributed by atoms with Crippen LogP contribution < -0.4 is 4.74 Å². The van der Waals surface area contributed by atoms with Gasteiger partial charge in [-0.15, -0.1) is 0 Å². The normalized spacial score (nSPS) is 22.7. The fraction of sp³-hybridized carbons (Fsp3) is 0.458. The molecule has 2 atom stereocenters. The molecule has 0 spiro atoms. The standard InChI is InChI=1S/C24H29NO2/c1-27-21-13-14-22-19(16-21)12-15-23(24(22)18-8-4-2-5-9-18)25(17-26)20-10-6-3-7-11-20/h2,4-5,8-9,13-14,16-17,20,23-24H,3,6-7,10-12,15H2,1H3. The van der Waals surface area contributed by atoms with Gasteiger partial charge in [-0.1, -0.05) is 55.7 Å². The minimum absolute atomic E-state index is 0.230. The lowest BCUT2D eigenvalue weighted by Crippen LogP contribution is -2.48. The van der Waals surface area contributed by atoms with E-state index in [1.54, 1.807) is 7.11 Å². The Morgan fingerprint density at radius 1 is 1.00 bits per heavy atom. The molecule has 0 bridgehead atoms. The molecule has 2 aromatic rings. The summed E-state index contributed by atoms with van der Waals surface area (Å²) in [6.45, 7) is 0. The summed E-state index contributed by atoms with van der Waals surface area (Å²) in [6, 6.07) is 17.8. The predicted molar refractivity (Wildman–Crippen MR) is 108 cm³/mol. The van der Waals surface area contributed by atoms with Crippen molar-refractivity contribution in [3.8, 4) is 5.75 Å². The molecular weight excluding hydrogens is 334 g/mol. The molecule has 0 aromatic heterocycles. The van der Waals surface area contributed by atoms with E-state index in [2.05, 4.69) is 53.4 Å². The first-order chi connectivity index (χ1) is 13.3. The van der Waals surface area contributed by atoms with Crippen molar-refractivity contribution in [2.45, 2.75) is 62.9 Å². The number of benzene rings is 2. The number of carbonyl (C=O) groups excluding carboxylic acids is 1. The lowest BCUT2D eigenvalue weighted by Gasteiger charge is -2.44. The largest absolute Gasteiger partial charge is 0.497 e. The van der Waals surface area contributed by atoms with Crippen LogP contribution >= 0.6 is 0 Å². The molecule has 2 aliphatic carbocycles. The van der Waals surface area contributed by atoms with E-state index in [1.807, 2.05) is 0 Å². The number of fused-ring (bicyclic) bond motifs is 1. The van der Waals surface area contributed by atoms with E-state index in [4.69, 9.17) is 4.74 Å². The third-order valence-corrected chi connectivity index (χ3v) is 6.44. The van der Waals surface area contributed by atoms with Crippen LogP contribution in [0.25, 0.3) is 0 Å². The number of hydrogen-bond donors (Lipinski definition) is 0. The summed E-state index contributed by atoms with van der Waals surface area (Å²) in [6.07, 6.45) is 9.21. The van der Waals surface area contributed by atoms with E-state index in [0.717, 1.165) is 37.8 Å². The molecule has 0 radical (unpaired) electrons. The van der Waals surface area contributed by atoms with Crippen molar-refractivity contribution in [2.24, 2.45) is 0 Å². The van der Waals surface area contributed by atoms with Crippen LogP contribution in [0.15, 0.2) is 48.5 Å². The topological polar surface area (TPSA) is 29.5 Å². The Hall–Kier alpha value is -2.29. The minimum Gasteiger partial charge on any atom is -0.497 e. The van der Waals surface area contributed by atoms with Gasteiger partial charge in [0.1, 0.15) is 5.75 Å². The maximum atomic E-state index is 12.2. The molecule has 1 fully saturated rings. The summed E-state index contributed by atoms with van der Waals surface area (Å²) in [5, 5.41) is 0. The van der Waals surface area contributed by atoms with Gasteiger partial charge in [0.25, 0.3) is 0 Å². The summed E-state index contributed by atoms with van der Waals surface area (Å²) in [7, 11) is 1.72. The third-order valence-electron chi connectivity index (χ3n) is 6.44. The Labute approximate surface area is 162 Å². The zero-order chi connectivity index (χ0) is 18.6. The first kappa shape index (κ1) is 18.1. The Kier molecular flexibility index (Phi) is 5.47. The molecule has 4 rings (SSSR count). The number of carbonyl (C=O) groups is 1. The van der Waals surface area contributed by atoms with E-state index in [0.29, 0.717) is 6.04 Å². The van der Waals surface area contributed by atoms with Crippen molar-refractivity contribution in [1.29, 1.82) is 0 Å². The average Bonchev–Trinajstić information content (AvgIpc) is 2.75. The van der Waals surface area contributed by atoms with Gasteiger partial charge >= 0.3 is 0 Å². The Morgan fingerprint density at radius 3 is 2.48 bits per heavy atom. The summed E-state index contributed by atoms with van der Waals surface area (Å²) >= 11 is 0. The van der Waals surface area contributed by atoms with Gasteiger partial charge in [0.15, 0.2) is 0 Å². The molecular formula is C24H29NO2. The minimum atomic E-state index is 0.230. The molecule has 0 N–H and O–H groups in total. The highest BCUT2D eigenvalue weighted by molar-refractivity contribution is 5.52. The van der Waals surface area contributed by atoms with Crippen molar-refractivity contribution < 1.29 is 9.53 Å². The highest BCUT2D eigenvalue weighted by atomic mass is 16.5. The summed E-state index contributed by atoms with van der Waals surface area (Å²) in [5.41, 5.74) is 4.01. The van der Waals surface area contributed by atoms with Crippen LogP contribution in [0, 0.1) is 0 Å². The number of aryl methyl sites for hydroxylation is 1. The Balaban J connectivity index is 1.74. The number of rotatable bonds is 5. The first-order valence-corrected chi connectivity index (χ1v) is 10.3. The average molecular weight is 364 g/mol. The molecule has 0 heterocycles. The number of methoxy groups -OCH3 is 1. The number of hydrogen-bond acceptors (Lipinski definition) is 2. The molecule has 0 saturated heterocycles. The van der Waals surface area contributed by atoms with E-state index < -0.39 is 0 Å². The van der Waals surface area contributed by atoms with E-state index in [9.17, 15) is 4.79 Å². The van der Waals surface area contributed by atoms with Crippen molar-refractivity contribution in [2.75, 3.05) is 7.11 Å². The van der Waals surface area contributed by atoms with Gasteiger partial charge in [-0.25, -0.2) is 0 Å². The number of amides is 1. The first-order valence-electron chi connectivity index (χ1n) is 10.3. The van der Waals surface area contributed by atoms with Gasteiger partial charge in [0.2, 0.25) is 6.41 Å². The molecule has 2 unspecified atom stereocenters. The van der Waals surface area contributed by atoms with Gasteiger partial charge in [-0.05, 0) is 54.5 Å². The van der Waals surface area contributed by atoms with Crippen LogP contribution in [0.2, 0.25) is 0 Å². The highest BCUT2D eigenvalue weighted by Crippen LogP contribution is 2.42. The van der Waals surface area contributed by atoms with Gasteiger partial charge < -0.3 is 9.64 Å². The van der Waals surface area contributed by atoms with E-state index in [1.165, 1.54) is 36.0 Å². The van der Waals surface area contributed by atoms with Crippen molar-refractivity contribution >= 4 is 6.41 Å².